The van der Waals surface area contributed by atoms with Crippen LogP contribution in [-0.4, -0.2) is 45.0 Å². The summed E-state index contributed by atoms with van der Waals surface area (Å²) in [5.74, 6) is -0.620. The summed E-state index contributed by atoms with van der Waals surface area (Å²) in [5.41, 5.74) is 0.765. The molecule has 0 aromatic heterocycles. The molecule has 0 saturated carbocycles. The molecule has 0 heterocycles. The average Bonchev–Trinajstić information content (AvgIpc) is 2.72. The van der Waals surface area contributed by atoms with Crippen molar-refractivity contribution >= 4 is 39.4 Å². The first kappa shape index (κ1) is 24.6. The van der Waals surface area contributed by atoms with Gasteiger partial charge in [-0.15, -0.1) is 0 Å². The van der Waals surface area contributed by atoms with Crippen LogP contribution in [0.4, 0.5) is 0 Å². The van der Waals surface area contributed by atoms with Crippen LogP contribution in [0.3, 0.4) is 0 Å². The van der Waals surface area contributed by atoms with E-state index in [1.165, 1.54) is 30.3 Å². The molecule has 10 heteroatoms. The molecule has 2 N–H and O–H groups in total. The first-order valence-corrected chi connectivity index (χ1v) is 11.0. The quantitative estimate of drug-likeness (QED) is 0.268. The molecule has 2 rings (SSSR count). The number of sulfonamides is 1. The van der Waals surface area contributed by atoms with Gasteiger partial charge >= 0.3 is 5.97 Å². The van der Waals surface area contributed by atoms with Gasteiger partial charge in [-0.05, 0) is 48.4 Å². The Hall–Kier alpha value is -3.66. The van der Waals surface area contributed by atoms with Crippen LogP contribution in [0.25, 0.3) is 11.6 Å². The topological polar surface area (TPSA) is 131 Å². The molecule has 0 aliphatic rings. The van der Waals surface area contributed by atoms with Gasteiger partial charge in [0.2, 0.25) is 5.91 Å². The molecule has 0 radical (unpaired) electrons. The van der Waals surface area contributed by atoms with E-state index < -0.39 is 21.9 Å². The molecule has 0 atom stereocenters. The standard InChI is InChI=1S/C22H24N2O7S/c1-5-30-21-13-16(6-11-20(21)31-15(3)23-4)12-19(22(26)27)17-7-9-18(10-8-17)32(28,29)24-14(2)25/h6-13H,5H2,1-4H3,(H,24,25)(H,26,27)/b19-12+,23-15?. The molecular weight excluding hydrogens is 436 g/mol. The number of carbonyl (C=O) groups is 2. The van der Waals surface area contributed by atoms with E-state index in [2.05, 4.69) is 4.99 Å². The van der Waals surface area contributed by atoms with E-state index in [9.17, 15) is 23.1 Å². The summed E-state index contributed by atoms with van der Waals surface area (Å²) >= 11 is 0. The van der Waals surface area contributed by atoms with Crippen LogP contribution in [0, 0.1) is 0 Å². The number of hydrogen-bond donors (Lipinski definition) is 2. The zero-order valence-electron chi connectivity index (χ0n) is 18.1. The maximum atomic E-state index is 12.1. The van der Waals surface area contributed by atoms with E-state index in [0.717, 1.165) is 6.92 Å². The van der Waals surface area contributed by atoms with Gasteiger partial charge in [0, 0.05) is 20.9 Å². The van der Waals surface area contributed by atoms with Crippen molar-refractivity contribution in [1.29, 1.82) is 0 Å². The number of nitrogens with one attached hydrogen (secondary N) is 1. The number of aliphatic imine (C=N–C) groups is 1. The Morgan fingerprint density at radius 2 is 1.75 bits per heavy atom. The lowest BCUT2D eigenvalue weighted by Crippen LogP contribution is -2.28. The van der Waals surface area contributed by atoms with Crippen LogP contribution in [0.1, 0.15) is 31.9 Å². The molecular formula is C22H24N2O7S. The Morgan fingerprint density at radius 3 is 2.28 bits per heavy atom. The molecule has 1 amide bonds. The highest BCUT2D eigenvalue weighted by molar-refractivity contribution is 7.90. The molecule has 170 valence electrons. The van der Waals surface area contributed by atoms with E-state index in [4.69, 9.17) is 9.47 Å². The smallest absolute Gasteiger partial charge is 0.336 e. The summed E-state index contributed by atoms with van der Waals surface area (Å²) in [5, 5.41) is 9.70. The maximum Gasteiger partial charge on any atom is 0.336 e. The fraction of sp³-hybridized carbons (Fsp3) is 0.227. The second-order valence-corrected chi connectivity index (χ2v) is 8.22. The molecule has 0 saturated heterocycles. The highest BCUT2D eigenvalue weighted by Crippen LogP contribution is 2.31. The molecule has 0 unspecified atom stereocenters. The third kappa shape index (κ3) is 6.42. The van der Waals surface area contributed by atoms with Crippen molar-refractivity contribution < 1.29 is 32.6 Å². The average molecular weight is 461 g/mol. The number of nitrogens with zero attached hydrogens (tertiary/aromatic N) is 1. The molecule has 2 aromatic rings. The maximum absolute atomic E-state index is 12.1. The number of ether oxygens (including phenoxy) is 2. The normalized spacial score (nSPS) is 12.2. The van der Waals surface area contributed by atoms with Crippen LogP contribution in [-0.2, 0) is 19.6 Å². The predicted molar refractivity (Wildman–Crippen MR) is 120 cm³/mol. The van der Waals surface area contributed by atoms with Crippen molar-refractivity contribution in [1.82, 2.24) is 4.72 Å². The Balaban J connectivity index is 2.44. The van der Waals surface area contributed by atoms with Gasteiger partial charge in [-0.1, -0.05) is 18.2 Å². The number of hydrogen-bond acceptors (Lipinski definition) is 7. The van der Waals surface area contributed by atoms with Crippen molar-refractivity contribution in [3.05, 3.63) is 53.6 Å². The van der Waals surface area contributed by atoms with Crippen LogP contribution in [0.5, 0.6) is 11.5 Å². The van der Waals surface area contributed by atoms with Gasteiger partial charge in [0.15, 0.2) is 17.4 Å². The first-order valence-electron chi connectivity index (χ1n) is 9.54. The summed E-state index contributed by atoms with van der Waals surface area (Å²) in [4.78, 5) is 26.7. The number of carboxylic acid groups (broad SMARTS) is 1. The molecule has 2 aromatic carbocycles. The summed E-state index contributed by atoms with van der Waals surface area (Å²) in [6, 6.07) is 10.1. The van der Waals surface area contributed by atoms with Gasteiger partial charge in [-0.25, -0.2) is 17.9 Å². The van der Waals surface area contributed by atoms with E-state index in [-0.39, 0.29) is 16.0 Å². The SMILES string of the molecule is CCOc1cc(/C=C(/C(=O)O)c2ccc(S(=O)(=O)NC(C)=O)cc2)ccc1OC(C)=NC. The zero-order valence-corrected chi connectivity index (χ0v) is 18.9. The largest absolute Gasteiger partial charge is 0.490 e. The van der Waals surface area contributed by atoms with Crippen molar-refractivity contribution in [2.45, 2.75) is 25.7 Å². The van der Waals surface area contributed by atoms with Gasteiger partial charge in [0.25, 0.3) is 10.0 Å². The number of amides is 1. The summed E-state index contributed by atoms with van der Waals surface area (Å²) in [6.07, 6.45) is 1.44. The van der Waals surface area contributed by atoms with Gasteiger partial charge in [-0.2, -0.15) is 0 Å². The van der Waals surface area contributed by atoms with Gasteiger partial charge in [0.1, 0.15) is 0 Å². The van der Waals surface area contributed by atoms with Crippen molar-refractivity contribution in [3.8, 4) is 11.5 Å². The number of aliphatic carboxylic acids is 1. The molecule has 0 spiro atoms. The molecule has 0 fully saturated rings. The Labute approximate surface area is 186 Å². The van der Waals surface area contributed by atoms with Gasteiger partial charge in [-0.3, -0.25) is 9.79 Å². The summed E-state index contributed by atoms with van der Waals surface area (Å²) in [7, 11) is -2.42. The predicted octanol–water partition coefficient (Wildman–Crippen LogP) is 2.96. The third-order valence-electron chi connectivity index (χ3n) is 4.14. The minimum atomic E-state index is -4.02. The van der Waals surface area contributed by atoms with Crippen LogP contribution in [0.2, 0.25) is 0 Å². The number of benzene rings is 2. The van der Waals surface area contributed by atoms with Crippen molar-refractivity contribution in [3.63, 3.8) is 0 Å². The first-order chi connectivity index (χ1) is 15.1. The second kappa shape index (κ2) is 10.6. The van der Waals surface area contributed by atoms with E-state index in [1.807, 2.05) is 11.6 Å². The van der Waals surface area contributed by atoms with E-state index in [0.29, 0.717) is 29.6 Å². The number of carboxylic acids is 1. The van der Waals surface area contributed by atoms with Gasteiger partial charge < -0.3 is 14.6 Å². The number of rotatable bonds is 8. The van der Waals surface area contributed by atoms with Crippen molar-refractivity contribution in [2.24, 2.45) is 4.99 Å². The van der Waals surface area contributed by atoms with Gasteiger partial charge in [0.05, 0.1) is 17.1 Å². The Kier molecular flexibility index (Phi) is 8.14. The lowest BCUT2D eigenvalue weighted by Gasteiger charge is -2.12. The van der Waals surface area contributed by atoms with Crippen LogP contribution >= 0.6 is 0 Å². The Morgan fingerprint density at radius 1 is 1.09 bits per heavy atom. The molecule has 32 heavy (non-hydrogen) atoms. The minimum absolute atomic E-state index is 0.0594. The van der Waals surface area contributed by atoms with Crippen LogP contribution in [0.15, 0.2) is 52.4 Å². The molecule has 0 aliphatic heterocycles. The lowest BCUT2D eigenvalue weighted by molar-refractivity contribution is -0.130. The minimum Gasteiger partial charge on any atom is -0.490 e. The highest BCUT2D eigenvalue weighted by Gasteiger charge is 2.17. The highest BCUT2D eigenvalue weighted by atomic mass is 32.2. The molecule has 0 aliphatic carbocycles. The van der Waals surface area contributed by atoms with Crippen LogP contribution < -0.4 is 14.2 Å². The zero-order chi connectivity index (χ0) is 23.9. The van der Waals surface area contributed by atoms with E-state index in [1.54, 1.807) is 32.2 Å². The Bertz CT molecular complexity index is 1170. The second-order valence-electron chi connectivity index (χ2n) is 6.53. The van der Waals surface area contributed by atoms with Crippen molar-refractivity contribution in [2.75, 3.05) is 13.7 Å². The molecule has 0 bridgehead atoms. The monoisotopic (exact) mass is 460 g/mol. The summed E-state index contributed by atoms with van der Waals surface area (Å²) < 4.78 is 37.2. The molecule has 9 nitrogen and oxygen atoms in total. The fourth-order valence-corrected chi connectivity index (χ4v) is 3.66. The third-order valence-corrected chi connectivity index (χ3v) is 5.58. The van der Waals surface area contributed by atoms with E-state index >= 15 is 0 Å². The number of carbonyl (C=O) groups excluding carboxylic acids is 1. The fourth-order valence-electron chi connectivity index (χ4n) is 2.67. The lowest BCUT2D eigenvalue weighted by atomic mass is 10.0. The summed E-state index contributed by atoms with van der Waals surface area (Å²) in [6.45, 7) is 4.97.